The van der Waals surface area contributed by atoms with Gasteiger partial charge in [0.2, 0.25) is 11.8 Å². The summed E-state index contributed by atoms with van der Waals surface area (Å²) in [5.74, 6) is 0.702. The second-order valence-corrected chi connectivity index (χ2v) is 11.1. The maximum absolute atomic E-state index is 13.1. The van der Waals surface area contributed by atoms with Gasteiger partial charge in [-0.15, -0.1) is 0 Å². The minimum atomic E-state index is -0.445. The molecule has 11 heteroatoms. The van der Waals surface area contributed by atoms with Crippen LogP contribution >= 0.6 is 0 Å². The van der Waals surface area contributed by atoms with Crippen LogP contribution in [0.5, 0.6) is 5.88 Å². The van der Waals surface area contributed by atoms with Gasteiger partial charge in [-0.05, 0) is 57.4 Å². The molecule has 0 aliphatic rings. The molecule has 1 atom stereocenters. The lowest BCUT2D eigenvalue weighted by atomic mass is 9.93. The molecule has 10 nitrogen and oxygen atoms in total. The van der Waals surface area contributed by atoms with Crippen LogP contribution in [-0.2, 0) is 0 Å². The molecule has 216 valence electrons. The van der Waals surface area contributed by atoms with Gasteiger partial charge in [-0.3, -0.25) is 0 Å². The average molecular weight is 568 g/mol. The fourth-order valence-electron chi connectivity index (χ4n) is 4.88. The first kappa shape index (κ1) is 28.7. The van der Waals surface area contributed by atoms with Gasteiger partial charge in [0.05, 0.1) is 23.8 Å². The highest BCUT2D eigenvalue weighted by Gasteiger charge is 2.22. The SMILES string of the molecule is Cc1cc(-c2ccnc3ccnn23)cnc1F.Cc1cc(-c2ccnc3ccnn23)cnc1OC[C@@](C)(N)CC(C)C. The molecule has 0 amide bonds. The Morgan fingerprint density at radius 1 is 0.810 bits per heavy atom. The predicted octanol–water partition coefficient (Wildman–Crippen LogP) is 5.48. The molecule has 0 aliphatic carbocycles. The maximum Gasteiger partial charge on any atom is 0.216 e. The Labute approximate surface area is 243 Å². The second-order valence-electron chi connectivity index (χ2n) is 11.1. The number of aryl methyl sites for hydroxylation is 2. The maximum atomic E-state index is 13.1. The first-order valence-corrected chi connectivity index (χ1v) is 13.7. The Kier molecular flexibility index (Phi) is 8.21. The van der Waals surface area contributed by atoms with Crippen molar-refractivity contribution < 1.29 is 9.13 Å². The third-order valence-corrected chi connectivity index (χ3v) is 6.63. The van der Waals surface area contributed by atoms with E-state index in [0.29, 0.717) is 24.0 Å². The van der Waals surface area contributed by atoms with Gasteiger partial charge >= 0.3 is 0 Å². The third-order valence-electron chi connectivity index (χ3n) is 6.63. The number of nitrogens with two attached hydrogens (primary N) is 1. The fraction of sp³-hybridized carbons (Fsp3) is 0.290. The standard InChI is InChI=1S/C19H25N5O.C12H9FN4/c1-13(2)10-19(4,20)12-25-18-14(3)9-15(11-22-18)16-5-7-21-17-6-8-23-24(16)17;1-8-6-9(7-15-12(8)13)10-2-4-14-11-3-5-16-17(10)11/h5-9,11,13H,10,12,20H2,1-4H3;2-7H,1H3/t19-;/m0./s1. The van der Waals surface area contributed by atoms with Crippen molar-refractivity contribution in [2.24, 2.45) is 11.7 Å². The van der Waals surface area contributed by atoms with Gasteiger partial charge in [0.25, 0.3) is 0 Å². The van der Waals surface area contributed by atoms with Gasteiger partial charge < -0.3 is 10.5 Å². The molecule has 6 rings (SSSR count). The number of rotatable bonds is 7. The van der Waals surface area contributed by atoms with Crippen LogP contribution in [0.25, 0.3) is 33.8 Å². The summed E-state index contributed by atoms with van der Waals surface area (Å²) in [6.45, 7) is 10.5. The highest BCUT2D eigenvalue weighted by molar-refractivity contribution is 5.63. The zero-order chi connectivity index (χ0) is 29.9. The molecule has 0 saturated carbocycles. The lowest BCUT2D eigenvalue weighted by Gasteiger charge is -2.26. The van der Waals surface area contributed by atoms with Crippen LogP contribution in [-0.4, -0.2) is 51.3 Å². The minimum Gasteiger partial charge on any atom is -0.476 e. The van der Waals surface area contributed by atoms with Gasteiger partial charge in [0, 0.05) is 64.7 Å². The molecular weight excluding hydrogens is 533 g/mol. The van der Waals surface area contributed by atoms with Crippen molar-refractivity contribution in [3.8, 4) is 28.4 Å². The highest BCUT2D eigenvalue weighted by Crippen LogP contribution is 2.25. The van der Waals surface area contributed by atoms with Gasteiger partial charge in [0.1, 0.15) is 6.61 Å². The zero-order valence-corrected chi connectivity index (χ0v) is 24.4. The number of ether oxygens (including phenoxy) is 1. The molecule has 0 aromatic carbocycles. The Bertz CT molecular complexity index is 1830. The Morgan fingerprint density at radius 2 is 1.36 bits per heavy atom. The van der Waals surface area contributed by atoms with Crippen LogP contribution < -0.4 is 10.5 Å². The lowest BCUT2D eigenvalue weighted by Crippen LogP contribution is -2.43. The minimum absolute atomic E-state index is 0.368. The normalized spacial score (nSPS) is 12.8. The summed E-state index contributed by atoms with van der Waals surface area (Å²) in [6.07, 6.45) is 11.1. The summed E-state index contributed by atoms with van der Waals surface area (Å²) in [7, 11) is 0. The molecule has 0 radical (unpaired) electrons. The van der Waals surface area contributed by atoms with E-state index in [0.717, 1.165) is 45.8 Å². The van der Waals surface area contributed by atoms with Crippen molar-refractivity contribution in [1.29, 1.82) is 0 Å². The molecule has 0 unspecified atom stereocenters. The average Bonchev–Trinajstić information content (AvgIpc) is 3.63. The lowest BCUT2D eigenvalue weighted by molar-refractivity contribution is 0.199. The Morgan fingerprint density at radius 3 is 1.88 bits per heavy atom. The summed E-state index contributed by atoms with van der Waals surface area (Å²) >= 11 is 0. The summed E-state index contributed by atoms with van der Waals surface area (Å²) in [6, 6.07) is 11.2. The molecule has 0 fully saturated rings. The van der Waals surface area contributed by atoms with Crippen LogP contribution in [0.1, 0.15) is 38.3 Å². The van der Waals surface area contributed by atoms with Crippen molar-refractivity contribution in [3.05, 3.63) is 90.7 Å². The zero-order valence-electron chi connectivity index (χ0n) is 24.4. The molecular formula is C31H34FN9O. The van der Waals surface area contributed by atoms with Crippen LogP contribution in [0, 0.1) is 25.7 Å². The number of pyridine rings is 2. The number of aromatic nitrogens is 8. The Balaban J connectivity index is 0.000000180. The molecule has 0 spiro atoms. The van der Waals surface area contributed by atoms with Crippen LogP contribution in [0.2, 0.25) is 0 Å². The number of fused-ring (bicyclic) bond motifs is 2. The largest absolute Gasteiger partial charge is 0.476 e. The smallest absolute Gasteiger partial charge is 0.216 e. The molecule has 42 heavy (non-hydrogen) atoms. The number of nitrogens with zero attached hydrogens (tertiary/aromatic N) is 8. The monoisotopic (exact) mass is 567 g/mol. The van der Waals surface area contributed by atoms with E-state index in [2.05, 4.69) is 50.0 Å². The van der Waals surface area contributed by atoms with Gasteiger partial charge in [0.15, 0.2) is 11.3 Å². The van der Waals surface area contributed by atoms with E-state index in [1.54, 1.807) is 53.0 Å². The highest BCUT2D eigenvalue weighted by atomic mass is 19.1. The van der Waals surface area contributed by atoms with E-state index in [1.165, 1.54) is 6.20 Å². The fourth-order valence-corrected chi connectivity index (χ4v) is 4.88. The van der Waals surface area contributed by atoms with E-state index in [4.69, 9.17) is 10.5 Å². The Hall–Kier alpha value is -4.77. The van der Waals surface area contributed by atoms with Crippen LogP contribution in [0.4, 0.5) is 4.39 Å². The number of hydrogen-bond donors (Lipinski definition) is 1. The van der Waals surface area contributed by atoms with E-state index < -0.39 is 5.95 Å². The quantitative estimate of drug-likeness (QED) is 0.252. The predicted molar refractivity (Wildman–Crippen MR) is 159 cm³/mol. The summed E-state index contributed by atoms with van der Waals surface area (Å²) < 4.78 is 22.5. The van der Waals surface area contributed by atoms with E-state index >= 15 is 0 Å². The second kappa shape index (κ2) is 12.0. The van der Waals surface area contributed by atoms with Crippen LogP contribution in [0.3, 0.4) is 0 Å². The first-order chi connectivity index (χ1) is 20.1. The molecule has 0 aliphatic heterocycles. The third kappa shape index (κ3) is 6.41. The van der Waals surface area contributed by atoms with Gasteiger partial charge in [-0.1, -0.05) is 13.8 Å². The van der Waals surface area contributed by atoms with Gasteiger partial charge in [-0.25, -0.2) is 29.0 Å². The van der Waals surface area contributed by atoms with Crippen molar-refractivity contribution in [2.75, 3.05) is 6.61 Å². The summed E-state index contributed by atoms with van der Waals surface area (Å²) in [4.78, 5) is 16.7. The molecule has 0 bridgehead atoms. The van der Waals surface area contributed by atoms with Crippen molar-refractivity contribution in [2.45, 2.75) is 46.6 Å². The molecule has 6 aromatic heterocycles. The van der Waals surface area contributed by atoms with Gasteiger partial charge in [-0.2, -0.15) is 14.6 Å². The van der Waals surface area contributed by atoms with Crippen molar-refractivity contribution in [3.63, 3.8) is 0 Å². The summed E-state index contributed by atoms with van der Waals surface area (Å²) in [5, 5.41) is 8.50. The van der Waals surface area contributed by atoms with Crippen molar-refractivity contribution in [1.82, 2.24) is 39.2 Å². The molecule has 6 aromatic rings. The van der Waals surface area contributed by atoms with E-state index in [9.17, 15) is 4.39 Å². The summed E-state index contributed by atoms with van der Waals surface area (Å²) in [5.41, 5.74) is 12.6. The topological polar surface area (TPSA) is 121 Å². The first-order valence-electron chi connectivity index (χ1n) is 13.7. The van der Waals surface area contributed by atoms with Crippen LogP contribution in [0.15, 0.2) is 73.6 Å². The van der Waals surface area contributed by atoms with E-state index in [-0.39, 0.29) is 5.54 Å². The molecule has 0 saturated heterocycles. The van der Waals surface area contributed by atoms with E-state index in [1.807, 2.05) is 38.1 Å². The molecule has 2 N–H and O–H groups in total. The molecule has 6 heterocycles. The number of hydrogen-bond acceptors (Lipinski definition) is 8. The van der Waals surface area contributed by atoms with Crippen molar-refractivity contribution >= 4 is 11.3 Å². The number of halogens is 1.